The number of hydrogen-bond acceptors (Lipinski definition) is 5. The minimum Gasteiger partial charge on any atom is -0.326 e. The van der Waals surface area contributed by atoms with Crippen molar-refractivity contribution in [1.29, 1.82) is 0 Å². The Hall–Kier alpha value is -1.92. The molecule has 1 atom stereocenters. The quantitative estimate of drug-likeness (QED) is 0.845. The summed E-state index contributed by atoms with van der Waals surface area (Å²) in [7, 11) is 0. The van der Waals surface area contributed by atoms with Gasteiger partial charge in [-0.3, -0.25) is 4.79 Å². The van der Waals surface area contributed by atoms with E-state index in [0.29, 0.717) is 0 Å². The Balaban J connectivity index is 1.63. The molecule has 0 radical (unpaired) electrons. The molecule has 2 aromatic rings. The number of aromatic nitrogens is 2. The maximum absolute atomic E-state index is 12.1. The molecular formula is C17H20N4OS. The molecule has 1 fully saturated rings. The molecule has 2 N–H and O–H groups in total. The van der Waals surface area contributed by atoms with Crippen molar-refractivity contribution in [2.75, 3.05) is 18.4 Å². The zero-order chi connectivity index (χ0) is 16.2. The summed E-state index contributed by atoms with van der Waals surface area (Å²) in [5.74, 6) is 0.167. The first-order valence-electron chi connectivity index (χ1n) is 7.72. The van der Waals surface area contributed by atoms with Crippen LogP contribution in [0.25, 0.3) is 0 Å². The van der Waals surface area contributed by atoms with Gasteiger partial charge in [-0.1, -0.05) is 0 Å². The van der Waals surface area contributed by atoms with Crippen LogP contribution in [-0.4, -0.2) is 29.0 Å². The van der Waals surface area contributed by atoms with Crippen molar-refractivity contribution in [3.8, 4) is 0 Å². The highest BCUT2D eigenvalue weighted by Crippen LogP contribution is 2.26. The topological polar surface area (TPSA) is 66.9 Å². The predicted molar refractivity (Wildman–Crippen MR) is 91.7 cm³/mol. The molecule has 2 heterocycles. The fourth-order valence-electron chi connectivity index (χ4n) is 2.57. The molecule has 0 aliphatic carbocycles. The summed E-state index contributed by atoms with van der Waals surface area (Å²) in [5.41, 5.74) is 2.76. The van der Waals surface area contributed by atoms with Crippen LogP contribution in [0.4, 0.5) is 5.69 Å². The van der Waals surface area contributed by atoms with E-state index in [0.717, 1.165) is 46.6 Å². The van der Waals surface area contributed by atoms with E-state index in [4.69, 9.17) is 0 Å². The number of amides is 1. The molecule has 120 valence electrons. The largest absolute Gasteiger partial charge is 0.326 e. The first kappa shape index (κ1) is 16.0. The standard InChI is InChI=1S/C17H20N4OS/c1-11-9-12(2)20-17(19-11)23-15-5-3-14(4-6-15)21-16(22)13-7-8-18-10-13/h3-6,9,13,18H,7-8,10H2,1-2H3,(H,21,22). The Labute approximate surface area is 140 Å². The van der Waals surface area contributed by atoms with Gasteiger partial charge >= 0.3 is 0 Å². The lowest BCUT2D eigenvalue weighted by molar-refractivity contribution is -0.119. The third-order valence-corrected chi connectivity index (χ3v) is 4.60. The number of nitrogens with one attached hydrogen (secondary N) is 2. The number of benzene rings is 1. The Morgan fingerprint density at radius 3 is 2.52 bits per heavy atom. The Kier molecular flexibility index (Phi) is 4.93. The zero-order valence-corrected chi connectivity index (χ0v) is 14.1. The number of carbonyl (C=O) groups excluding carboxylic acids is 1. The van der Waals surface area contributed by atoms with Gasteiger partial charge in [0.15, 0.2) is 5.16 Å². The maximum atomic E-state index is 12.1. The highest BCUT2D eigenvalue weighted by Gasteiger charge is 2.22. The minimum atomic E-state index is 0.0766. The summed E-state index contributed by atoms with van der Waals surface area (Å²) in [5, 5.41) is 6.93. The van der Waals surface area contributed by atoms with Gasteiger partial charge in [0.1, 0.15) is 0 Å². The molecule has 1 aromatic heterocycles. The first-order chi connectivity index (χ1) is 11.1. The SMILES string of the molecule is Cc1cc(C)nc(Sc2ccc(NC(=O)C3CCNC3)cc2)n1. The van der Waals surface area contributed by atoms with Crippen LogP contribution in [0.5, 0.6) is 0 Å². The lowest BCUT2D eigenvalue weighted by Crippen LogP contribution is -2.24. The van der Waals surface area contributed by atoms with Crippen LogP contribution in [0.2, 0.25) is 0 Å². The number of nitrogens with zero attached hydrogens (tertiary/aromatic N) is 2. The molecule has 0 bridgehead atoms. The highest BCUT2D eigenvalue weighted by atomic mass is 32.2. The molecule has 1 saturated heterocycles. The van der Waals surface area contributed by atoms with Gasteiger partial charge in [0.2, 0.25) is 5.91 Å². The van der Waals surface area contributed by atoms with Crippen molar-refractivity contribution in [2.24, 2.45) is 5.92 Å². The Bertz CT molecular complexity index is 676. The van der Waals surface area contributed by atoms with Crippen molar-refractivity contribution in [3.05, 3.63) is 41.7 Å². The van der Waals surface area contributed by atoms with Gasteiger partial charge in [0.05, 0.1) is 5.92 Å². The van der Waals surface area contributed by atoms with Crippen LogP contribution < -0.4 is 10.6 Å². The van der Waals surface area contributed by atoms with E-state index >= 15 is 0 Å². The van der Waals surface area contributed by atoms with E-state index in [-0.39, 0.29) is 11.8 Å². The van der Waals surface area contributed by atoms with E-state index in [1.807, 2.05) is 44.2 Å². The van der Waals surface area contributed by atoms with E-state index in [2.05, 4.69) is 20.6 Å². The molecule has 1 amide bonds. The van der Waals surface area contributed by atoms with Crippen molar-refractivity contribution >= 4 is 23.4 Å². The van der Waals surface area contributed by atoms with Crippen LogP contribution in [0, 0.1) is 19.8 Å². The Morgan fingerprint density at radius 1 is 1.22 bits per heavy atom. The van der Waals surface area contributed by atoms with Crippen molar-refractivity contribution < 1.29 is 4.79 Å². The molecule has 1 aliphatic rings. The third kappa shape index (κ3) is 4.30. The summed E-state index contributed by atoms with van der Waals surface area (Å²) in [6.45, 7) is 5.62. The van der Waals surface area contributed by atoms with E-state index in [9.17, 15) is 4.79 Å². The third-order valence-electron chi connectivity index (χ3n) is 3.72. The van der Waals surface area contributed by atoms with Gasteiger partial charge in [0.25, 0.3) is 0 Å². The van der Waals surface area contributed by atoms with Crippen LogP contribution in [0.3, 0.4) is 0 Å². The highest BCUT2D eigenvalue weighted by molar-refractivity contribution is 7.99. The Morgan fingerprint density at radius 2 is 1.91 bits per heavy atom. The van der Waals surface area contributed by atoms with Crippen LogP contribution in [0.1, 0.15) is 17.8 Å². The monoisotopic (exact) mass is 328 g/mol. The molecule has 3 rings (SSSR count). The molecule has 23 heavy (non-hydrogen) atoms. The average molecular weight is 328 g/mol. The van der Waals surface area contributed by atoms with Crippen molar-refractivity contribution in [2.45, 2.75) is 30.3 Å². The summed E-state index contributed by atoms with van der Waals surface area (Å²) >= 11 is 1.52. The van der Waals surface area contributed by atoms with E-state index < -0.39 is 0 Å². The van der Waals surface area contributed by atoms with Gasteiger partial charge in [-0.15, -0.1) is 0 Å². The zero-order valence-electron chi connectivity index (χ0n) is 13.3. The number of anilines is 1. The lowest BCUT2D eigenvalue weighted by Gasteiger charge is -2.10. The van der Waals surface area contributed by atoms with Gasteiger partial charge in [-0.2, -0.15) is 0 Å². The molecule has 0 spiro atoms. The molecular weight excluding hydrogens is 308 g/mol. The number of rotatable bonds is 4. The van der Waals surface area contributed by atoms with Gasteiger partial charge < -0.3 is 10.6 Å². The summed E-state index contributed by atoms with van der Waals surface area (Å²) in [4.78, 5) is 22.0. The summed E-state index contributed by atoms with van der Waals surface area (Å²) in [6.07, 6.45) is 0.907. The summed E-state index contributed by atoms with van der Waals surface area (Å²) in [6, 6.07) is 9.76. The fraction of sp³-hybridized carbons (Fsp3) is 0.353. The molecule has 1 unspecified atom stereocenters. The fourth-order valence-corrected chi connectivity index (χ4v) is 3.44. The van der Waals surface area contributed by atoms with Crippen molar-refractivity contribution in [1.82, 2.24) is 15.3 Å². The van der Waals surface area contributed by atoms with E-state index in [1.165, 1.54) is 11.8 Å². The molecule has 1 aromatic carbocycles. The van der Waals surface area contributed by atoms with Gasteiger partial charge in [-0.25, -0.2) is 9.97 Å². The number of carbonyl (C=O) groups is 1. The van der Waals surface area contributed by atoms with Crippen LogP contribution >= 0.6 is 11.8 Å². The smallest absolute Gasteiger partial charge is 0.228 e. The predicted octanol–water partition coefficient (Wildman–Crippen LogP) is 2.79. The van der Waals surface area contributed by atoms with Gasteiger partial charge in [0, 0.05) is 28.5 Å². The maximum Gasteiger partial charge on any atom is 0.228 e. The first-order valence-corrected chi connectivity index (χ1v) is 8.53. The lowest BCUT2D eigenvalue weighted by atomic mass is 10.1. The molecule has 6 heteroatoms. The second-order valence-electron chi connectivity index (χ2n) is 5.74. The number of hydrogen-bond donors (Lipinski definition) is 2. The normalized spacial score (nSPS) is 17.2. The molecule has 1 aliphatic heterocycles. The van der Waals surface area contributed by atoms with Crippen LogP contribution in [0.15, 0.2) is 40.4 Å². The second kappa shape index (κ2) is 7.10. The van der Waals surface area contributed by atoms with E-state index in [1.54, 1.807) is 0 Å². The molecule has 5 nitrogen and oxygen atoms in total. The van der Waals surface area contributed by atoms with Crippen molar-refractivity contribution in [3.63, 3.8) is 0 Å². The molecule has 0 saturated carbocycles. The van der Waals surface area contributed by atoms with Gasteiger partial charge in [-0.05, 0) is 68.9 Å². The number of aryl methyl sites for hydroxylation is 2. The van der Waals surface area contributed by atoms with Crippen LogP contribution in [-0.2, 0) is 4.79 Å². The minimum absolute atomic E-state index is 0.0766. The average Bonchev–Trinajstić information content (AvgIpc) is 3.02. The second-order valence-corrected chi connectivity index (χ2v) is 6.78. The summed E-state index contributed by atoms with van der Waals surface area (Å²) < 4.78 is 0.